The second-order valence-corrected chi connectivity index (χ2v) is 9.94. The summed E-state index contributed by atoms with van der Waals surface area (Å²) >= 11 is 0. The molecule has 0 spiro atoms. The number of rotatable bonds is 30. The van der Waals surface area contributed by atoms with Gasteiger partial charge in [-0.1, -0.05) is 20.8 Å². The van der Waals surface area contributed by atoms with E-state index in [0.717, 1.165) is 13.0 Å². The highest BCUT2D eigenvalue weighted by Crippen LogP contribution is 2.26. The number of carbonyl (C=O) groups is 3. The van der Waals surface area contributed by atoms with Gasteiger partial charge in [0.05, 0.1) is 99.1 Å². The molecule has 1 atom stereocenters. The van der Waals surface area contributed by atoms with Crippen LogP contribution >= 0.6 is 0 Å². The fourth-order valence-electron chi connectivity index (χ4n) is 3.81. The Labute approximate surface area is 251 Å². The van der Waals surface area contributed by atoms with Crippen LogP contribution in [0.15, 0.2) is 0 Å². The van der Waals surface area contributed by atoms with Crippen molar-refractivity contribution in [3.63, 3.8) is 0 Å². The number of carbonyl (C=O) groups excluding carboxylic acids is 3. The van der Waals surface area contributed by atoms with E-state index in [1.54, 1.807) is 0 Å². The lowest BCUT2D eigenvalue weighted by atomic mass is 9.94. The predicted octanol–water partition coefficient (Wildman–Crippen LogP) is 1.07. The van der Waals surface area contributed by atoms with Crippen molar-refractivity contribution < 1.29 is 52.3 Å². The first-order valence-electron chi connectivity index (χ1n) is 15.2. The van der Waals surface area contributed by atoms with Gasteiger partial charge in [0.15, 0.2) is 0 Å². The Bertz CT molecular complexity index is 696. The number of amides is 3. The van der Waals surface area contributed by atoms with Gasteiger partial charge in [-0.25, -0.2) is 0 Å². The van der Waals surface area contributed by atoms with Crippen molar-refractivity contribution in [3.05, 3.63) is 0 Å². The monoisotopic (exact) mass is 606 g/mol. The minimum atomic E-state index is -0.275. The SMILES string of the molecule is CCCOCCOCCOCCOCCOCCOCCOCCOCCNC(=O)CCN1C(=O)CC(C(C)C)C1=O. The quantitative estimate of drug-likeness (QED) is 0.0927. The molecular formula is C29H54N2O11. The molecule has 1 aliphatic heterocycles. The number of imide groups is 1. The van der Waals surface area contributed by atoms with Gasteiger partial charge >= 0.3 is 0 Å². The average molecular weight is 607 g/mol. The Morgan fingerprint density at radius 3 is 1.43 bits per heavy atom. The highest BCUT2D eigenvalue weighted by Gasteiger charge is 2.39. The van der Waals surface area contributed by atoms with Crippen LogP contribution in [-0.4, -0.2) is 141 Å². The molecule has 3 amide bonds. The fourth-order valence-corrected chi connectivity index (χ4v) is 3.81. The molecule has 0 aromatic rings. The zero-order valence-corrected chi connectivity index (χ0v) is 25.9. The molecule has 0 aromatic heterocycles. The summed E-state index contributed by atoms with van der Waals surface area (Å²) in [4.78, 5) is 37.5. The Morgan fingerprint density at radius 1 is 0.690 bits per heavy atom. The third-order valence-corrected chi connectivity index (χ3v) is 6.17. The number of nitrogens with one attached hydrogen (secondary N) is 1. The summed E-state index contributed by atoms with van der Waals surface area (Å²) in [5, 5.41) is 2.73. The van der Waals surface area contributed by atoms with Crippen LogP contribution in [0.25, 0.3) is 0 Å². The van der Waals surface area contributed by atoms with Gasteiger partial charge in [-0.3, -0.25) is 19.3 Å². The van der Waals surface area contributed by atoms with E-state index in [9.17, 15) is 14.4 Å². The largest absolute Gasteiger partial charge is 0.379 e. The minimum absolute atomic E-state index is 0.0901. The summed E-state index contributed by atoms with van der Waals surface area (Å²) in [6.45, 7) is 14.5. The van der Waals surface area contributed by atoms with E-state index in [1.807, 2.05) is 13.8 Å². The molecule has 0 bridgehead atoms. The highest BCUT2D eigenvalue weighted by molar-refractivity contribution is 6.03. The molecule has 13 nitrogen and oxygen atoms in total. The molecule has 1 N–H and O–H groups in total. The maximum Gasteiger partial charge on any atom is 0.233 e. The second-order valence-electron chi connectivity index (χ2n) is 9.94. The molecule has 1 unspecified atom stereocenters. The molecule has 0 aliphatic carbocycles. The summed E-state index contributed by atoms with van der Waals surface area (Å²) in [7, 11) is 0. The molecule has 0 radical (unpaired) electrons. The van der Waals surface area contributed by atoms with E-state index in [2.05, 4.69) is 12.2 Å². The number of nitrogens with zero attached hydrogens (tertiary/aromatic N) is 1. The van der Waals surface area contributed by atoms with Gasteiger partial charge in [0.1, 0.15) is 0 Å². The van der Waals surface area contributed by atoms with Crippen LogP contribution in [0, 0.1) is 11.8 Å². The van der Waals surface area contributed by atoms with Gasteiger partial charge in [-0.2, -0.15) is 0 Å². The van der Waals surface area contributed by atoms with E-state index in [1.165, 1.54) is 4.90 Å². The van der Waals surface area contributed by atoms with Crippen molar-refractivity contribution in [2.45, 2.75) is 40.0 Å². The fraction of sp³-hybridized carbons (Fsp3) is 0.897. The molecule has 1 heterocycles. The van der Waals surface area contributed by atoms with Gasteiger partial charge in [0, 0.05) is 38.5 Å². The molecule has 42 heavy (non-hydrogen) atoms. The van der Waals surface area contributed by atoms with Crippen molar-refractivity contribution in [1.82, 2.24) is 10.2 Å². The minimum Gasteiger partial charge on any atom is -0.379 e. The summed E-state index contributed by atoms with van der Waals surface area (Å²) in [5.41, 5.74) is 0. The standard InChI is InChI=1S/C29H54N2O11/c1-4-8-35-10-12-37-14-16-39-18-20-41-22-23-42-21-19-40-17-15-38-13-11-36-9-6-30-27(32)5-7-31-28(33)24-26(25(2)3)29(31)34/h25-26H,4-24H2,1-3H3,(H,30,32). The smallest absolute Gasteiger partial charge is 0.233 e. The Morgan fingerprint density at radius 2 is 1.07 bits per heavy atom. The second kappa shape index (κ2) is 26.9. The first-order chi connectivity index (χ1) is 20.5. The van der Waals surface area contributed by atoms with E-state index in [-0.39, 0.29) is 48.9 Å². The van der Waals surface area contributed by atoms with Crippen LogP contribution in [0.5, 0.6) is 0 Å². The summed E-state index contributed by atoms with van der Waals surface area (Å²) in [6, 6.07) is 0. The lowest BCUT2D eigenvalue weighted by Crippen LogP contribution is -2.36. The maximum absolute atomic E-state index is 12.3. The van der Waals surface area contributed by atoms with E-state index in [0.29, 0.717) is 106 Å². The lowest BCUT2D eigenvalue weighted by Gasteiger charge is -2.16. The molecule has 246 valence electrons. The zero-order valence-electron chi connectivity index (χ0n) is 25.9. The number of ether oxygens (including phenoxy) is 8. The van der Waals surface area contributed by atoms with Crippen LogP contribution in [-0.2, 0) is 52.3 Å². The van der Waals surface area contributed by atoms with Gasteiger partial charge in [-0.05, 0) is 12.3 Å². The average Bonchev–Trinajstić information content (AvgIpc) is 3.26. The summed E-state index contributed by atoms with van der Waals surface area (Å²) < 4.78 is 43.4. The molecular weight excluding hydrogens is 552 g/mol. The van der Waals surface area contributed by atoms with E-state index < -0.39 is 0 Å². The zero-order chi connectivity index (χ0) is 30.7. The van der Waals surface area contributed by atoms with Gasteiger partial charge in [-0.15, -0.1) is 0 Å². The Balaban J connectivity index is 1.75. The molecule has 13 heteroatoms. The number of hydrogen-bond acceptors (Lipinski definition) is 11. The summed E-state index contributed by atoms with van der Waals surface area (Å²) in [5.74, 6) is -0.757. The van der Waals surface area contributed by atoms with Crippen LogP contribution in [0.3, 0.4) is 0 Å². The summed E-state index contributed by atoms with van der Waals surface area (Å²) in [6.07, 6.45) is 1.34. The van der Waals surface area contributed by atoms with Crippen molar-refractivity contribution in [2.24, 2.45) is 11.8 Å². The molecule has 1 rings (SSSR count). The Hall–Kier alpha value is -1.71. The normalized spacial score (nSPS) is 15.3. The first-order valence-corrected chi connectivity index (χ1v) is 15.2. The van der Waals surface area contributed by atoms with E-state index >= 15 is 0 Å². The first kappa shape index (κ1) is 38.3. The van der Waals surface area contributed by atoms with Crippen LogP contribution in [0.4, 0.5) is 0 Å². The van der Waals surface area contributed by atoms with Crippen molar-refractivity contribution in [1.29, 1.82) is 0 Å². The third kappa shape index (κ3) is 20.2. The highest BCUT2D eigenvalue weighted by atomic mass is 16.6. The van der Waals surface area contributed by atoms with Crippen molar-refractivity contribution in [2.75, 3.05) is 119 Å². The molecule has 0 aromatic carbocycles. The van der Waals surface area contributed by atoms with E-state index in [4.69, 9.17) is 37.9 Å². The third-order valence-electron chi connectivity index (χ3n) is 6.17. The van der Waals surface area contributed by atoms with Crippen LogP contribution < -0.4 is 5.32 Å². The number of hydrogen-bond donors (Lipinski definition) is 1. The molecule has 1 aliphatic rings. The molecule has 1 fully saturated rings. The van der Waals surface area contributed by atoms with Gasteiger partial charge < -0.3 is 43.2 Å². The van der Waals surface area contributed by atoms with Crippen molar-refractivity contribution >= 4 is 17.7 Å². The number of likely N-dealkylation sites (tertiary alicyclic amines) is 1. The lowest BCUT2D eigenvalue weighted by molar-refractivity contribution is -0.140. The van der Waals surface area contributed by atoms with Crippen molar-refractivity contribution in [3.8, 4) is 0 Å². The molecule has 1 saturated heterocycles. The van der Waals surface area contributed by atoms with Gasteiger partial charge in [0.2, 0.25) is 17.7 Å². The maximum atomic E-state index is 12.3. The van der Waals surface area contributed by atoms with Crippen LogP contribution in [0.2, 0.25) is 0 Å². The predicted molar refractivity (Wildman–Crippen MR) is 154 cm³/mol. The molecule has 0 saturated carbocycles. The van der Waals surface area contributed by atoms with Crippen LogP contribution in [0.1, 0.15) is 40.0 Å². The van der Waals surface area contributed by atoms with Gasteiger partial charge in [0.25, 0.3) is 0 Å². The Kier molecular flexibility index (Phi) is 24.5. The topological polar surface area (TPSA) is 140 Å².